The van der Waals surface area contributed by atoms with Crippen LogP contribution in [0.15, 0.2) is 6.33 Å². The van der Waals surface area contributed by atoms with Gasteiger partial charge in [-0.25, -0.2) is 9.97 Å². The molecule has 0 atom stereocenters. The molecule has 9 heteroatoms. The summed E-state index contributed by atoms with van der Waals surface area (Å²) in [7, 11) is 1.58. The van der Waals surface area contributed by atoms with Crippen LogP contribution in [0.5, 0.6) is 0 Å². The predicted octanol–water partition coefficient (Wildman–Crippen LogP) is 0.779. The highest BCUT2D eigenvalue weighted by Crippen LogP contribution is 2.30. The van der Waals surface area contributed by atoms with Crippen LogP contribution in [0.2, 0.25) is 0 Å². The number of rotatable bonds is 8. The molecule has 1 amide bonds. The van der Waals surface area contributed by atoms with Crippen LogP contribution < -0.4 is 15.5 Å². The maximum atomic E-state index is 11.6. The summed E-state index contributed by atoms with van der Waals surface area (Å²) in [5.74, 6) is 0.0467. The Kier molecular flexibility index (Phi) is 6.31. The lowest BCUT2D eigenvalue weighted by atomic mass is 10.3. The SMILES string of the molecule is CCCNc1ncnc(N(C)CC(=O)NCC)c1[N+](=O)[O-]. The van der Waals surface area contributed by atoms with Gasteiger partial charge in [-0.1, -0.05) is 6.92 Å². The first-order valence-electron chi connectivity index (χ1n) is 6.72. The Labute approximate surface area is 122 Å². The second-order valence-corrected chi connectivity index (χ2v) is 4.39. The Bertz CT molecular complexity index is 508. The van der Waals surface area contributed by atoms with Gasteiger partial charge in [0.2, 0.25) is 17.5 Å². The number of carbonyl (C=O) groups excluding carboxylic acids is 1. The number of hydrogen-bond donors (Lipinski definition) is 2. The van der Waals surface area contributed by atoms with Crippen molar-refractivity contribution in [3.05, 3.63) is 16.4 Å². The minimum absolute atomic E-state index is 0.0150. The van der Waals surface area contributed by atoms with E-state index in [4.69, 9.17) is 0 Å². The monoisotopic (exact) mass is 296 g/mol. The zero-order valence-electron chi connectivity index (χ0n) is 12.4. The summed E-state index contributed by atoms with van der Waals surface area (Å²) in [4.78, 5) is 31.6. The van der Waals surface area contributed by atoms with Crippen LogP contribution in [-0.4, -0.2) is 47.5 Å². The summed E-state index contributed by atoms with van der Waals surface area (Å²) in [6.45, 7) is 4.80. The van der Waals surface area contributed by atoms with Crippen molar-refractivity contribution in [2.75, 3.05) is 36.9 Å². The molecule has 0 aromatic carbocycles. The van der Waals surface area contributed by atoms with Gasteiger partial charge in [-0.3, -0.25) is 14.9 Å². The molecule has 0 aliphatic carbocycles. The fraction of sp³-hybridized carbons (Fsp3) is 0.583. The molecule has 0 bridgehead atoms. The van der Waals surface area contributed by atoms with E-state index in [9.17, 15) is 14.9 Å². The van der Waals surface area contributed by atoms with Crippen molar-refractivity contribution in [1.82, 2.24) is 15.3 Å². The van der Waals surface area contributed by atoms with Gasteiger partial charge >= 0.3 is 5.69 Å². The van der Waals surface area contributed by atoms with E-state index < -0.39 is 4.92 Å². The lowest BCUT2D eigenvalue weighted by Crippen LogP contribution is -2.35. The average Bonchev–Trinajstić information content (AvgIpc) is 2.44. The molecule has 21 heavy (non-hydrogen) atoms. The van der Waals surface area contributed by atoms with E-state index >= 15 is 0 Å². The standard InChI is InChI=1S/C12H20N6O3/c1-4-6-14-11-10(18(20)21)12(16-8-15-11)17(3)7-9(19)13-5-2/h8H,4-7H2,1-3H3,(H,13,19)(H,14,15,16). The molecular formula is C12H20N6O3. The number of hydrogen-bond acceptors (Lipinski definition) is 7. The Morgan fingerprint density at radius 3 is 2.71 bits per heavy atom. The molecule has 1 aromatic heterocycles. The summed E-state index contributed by atoms with van der Waals surface area (Å²) in [5.41, 5.74) is -0.224. The summed E-state index contributed by atoms with van der Waals surface area (Å²) in [5, 5.41) is 16.8. The van der Waals surface area contributed by atoms with E-state index in [1.54, 1.807) is 14.0 Å². The smallest absolute Gasteiger partial charge is 0.353 e. The highest BCUT2D eigenvalue weighted by Gasteiger charge is 2.26. The Balaban J connectivity index is 3.04. The molecule has 0 saturated heterocycles. The molecule has 0 aliphatic rings. The largest absolute Gasteiger partial charge is 0.364 e. The first-order chi connectivity index (χ1) is 10.0. The third kappa shape index (κ3) is 4.55. The van der Waals surface area contributed by atoms with Crippen LogP contribution in [0.25, 0.3) is 0 Å². The van der Waals surface area contributed by atoms with Crippen molar-refractivity contribution < 1.29 is 9.72 Å². The molecule has 0 radical (unpaired) electrons. The number of anilines is 2. The van der Waals surface area contributed by atoms with Crippen molar-refractivity contribution in [2.45, 2.75) is 20.3 Å². The van der Waals surface area contributed by atoms with Crippen molar-refractivity contribution in [1.29, 1.82) is 0 Å². The fourth-order valence-corrected chi connectivity index (χ4v) is 1.73. The third-order valence-electron chi connectivity index (χ3n) is 2.64. The molecule has 0 aliphatic heterocycles. The fourth-order valence-electron chi connectivity index (χ4n) is 1.73. The van der Waals surface area contributed by atoms with Crippen LogP contribution in [0.1, 0.15) is 20.3 Å². The maximum absolute atomic E-state index is 11.6. The molecule has 0 saturated carbocycles. The molecule has 0 fully saturated rings. The second-order valence-electron chi connectivity index (χ2n) is 4.39. The van der Waals surface area contributed by atoms with E-state index in [0.717, 1.165) is 6.42 Å². The minimum Gasteiger partial charge on any atom is -0.364 e. The highest BCUT2D eigenvalue weighted by molar-refractivity contribution is 5.82. The van der Waals surface area contributed by atoms with Crippen molar-refractivity contribution in [3.8, 4) is 0 Å². The number of amides is 1. The van der Waals surface area contributed by atoms with Crippen LogP contribution in [0.4, 0.5) is 17.3 Å². The van der Waals surface area contributed by atoms with Crippen molar-refractivity contribution in [2.24, 2.45) is 0 Å². The lowest BCUT2D eigenvalue weighted by molar-refractivity contribution is -0.383. The number of nitrogens with zero attached hydrogens (tertiary/aromatic N) is 4. The van der Waals surface area contributed by atoms with Gasteiger partial charge in [0.05, 0.1) is 11.5 Å². The van der Waals surface area contributed by atoms with E-state index in [-0.39, 0.29) is 29.8 Å². The molecule has 1 rings (SSSR count). The highest BCUT2D eigenvalue weighted by atomic mass is 16.6. The molecule has 0 spiro atoms. The van der Waals surface area contributed by atoms with Crippen LogP contribution in [0.3, 0.4) is 0 Å². The first kappa shape index (κ1) is 16.6. The number of carbonyl (C=O) groups is 1. The van der Waals surface area contributed by atoms with Crippen molar-refractivity contribution in [3.63, 3.8) is 0 Å². The second kappa shape index (κ2) is 7.98. The third-order valence-corrected chi connectivity index (χ3v) is 2.64. The van der Waals surface area contributed by atoms with Crippen molar-refractivity contribution >= 4 is 23.2 Å². The Morgan fingerprint density at radius 2 is 2.14 bits per heavy atom. The zero-order chi connectivity index (χ0) is 15.8. The number of aromatic nitrogens is 2. The molecular weight excluding hydrogens is 276 g/mol. The maximum Gasteiger partial charge on any atom is 0.353 e. The van der Waals surface area contributed by atoms with Gasteiger partial charge in [0.15, 0.2) is 0 Å². The molecule has 9 nitrogen and oxygen atoms in total. The van der Waals surface area contributed by atoms with Crippen LogP contribution in [-0.2, 0) is 4.79 Å². The Morgan fingerprint density at radius 1 is 1.43 bits per heavy atom. The lowest BCUT2D eigenvalue weighted by Gasteiger charge is -2.18. The molecule has 2 N–H and O–H groups in total. The average molecular weight is 296 g/mol. The van der Waals surface area contributed by atoms with E-state index in [1.807, 2.05) is 6.92 Å². The number of likely N-dealkylation sites (N-methyl/N-ethyl adjacent to an activating group) is 2. The normalized spacial score (nSPS) is 10.0. The summed E-state index contributed by atoms with van der Waals surface area (Å²) >= 11 is 0. The summed E-state index contributed by atoms with van der Waals surface area (Å²) < 4.78 is 0. The van der Waals surface area contributed by atoms with E-state index in [1.165, 1.54) is 11.2 Å². The van der Waals surface area contributed by atoms with Gasteiger partial charge in [0.1, 0.15) is 6.33 Å². The summed E-state index contributed by atoms with van der Waals surface area (Å²) in [6.07, 6.45) is 2.06. The number of nitro groups is 1. The predicted molar refractivity (Wildman–Crippen MR) is 79.4 cm³/mol. The zero-order valence-corrected chi connectivity index (χ0v) is 12.4. The van der Waals surface area contributed by atoms with Gasteiger partial charge in [-0.05, 0) is 13.3 Å². The van der Waals surface area contributed by atoms with Gasteiger partial charge < -0.3 is 15.5 Å². The first-order valence-corrected chi connectivity index (χ1v) is 6.72. The van der Waals surface area contributed by atoms with Gasteiger partial charge in [0.25, 0.3) is 0 Å². The molecule has 0 unspecified atom stereocenters. The van der Waals surface area contributed by atoms with Gasteiger partial charge in [-0.15, -0.1) is 0 Å². The topological polar surface area (TPSA) is 113 Å². The Hall–Kier alpha value is -2.45. The number of nitrogens with one attached hydrogen (secondary N) is 2. The molecule has 1 heterocycles. The quantitative estimate of drug-likeness (QED) is 0.538. The van der Waals surface area contributed by atoms with Gasteiger partial charge in [0, 0.05) is 20.1 Å². The summed E-state index contributed by atoms with van der Waals surface area (Å²) in [6, 6.07) is 0. The molecule has 116 valence electrons. The van der Waals surface area contributed by atoms with Gasteiger partial charge in [-0.2, -0.15) is 0 Å². The van der Waals surface area contributed by atoms with Crippen LogP contribution >= 0.6 is 0 Å². The minimum atomic E-state index is -0.540. The molecule has 1 aromatic rings. The van der Waals surface area contributed by atoms with Crippen LogP contribution in [0, 0.1) is 10.1 Å². The van der Waals surface area contributed by atoms with E-state index in [0.29, 0.717) is 13.1 Å². The van der Waals surface area contributed by atoms with E-state index in [2.05, 4.69) is 20.6 Å².